The second-order valence-corrected chi connectivity index (χ2v) is 4.77. The van der Waals surface area contributed by atoms with Crippen molar-refractivity contribution in [2.45, 2.75) is 13.3 Å². The van der Waals surface area contributed by atoms with Crippen LogP contribution < -0.4 is 5.32 Å². The number of rotatable bonds is 4. The van der Waals surface area contributed by atoms with Crippen molar-refractivity contribution in [2.75, 3.05) is 11.9 Å². The summed E-state index contributed by atoms with van der Waals surface area (Å²) in [6, 6.07) is 4.66. The minimum Gasteiger partial charge on any atom is -0.354 e. The fourth-order valence-corrected chi connectivity index (χ4v) is 1.93. The number of hydrogen-bond acceptors (Lipinski definition) is 3. The van der Waals surface area contributed by atoms with Crippen LogP contribution in [0.5, 0.6) is 0 Å². The number of hydrogen-bond donors (Lipinski definition) is 1. The summed E-state index contributed by atoms with van der Waals surface area (Å²) < 4.78 is 28.0. The molecule has 0 fully saturated rings. The maximum atomic E-state index is 14.0. The summed E-state index contributed by atoms with van der Waals surface area (Å²) in [5, 5.41) is 2.94. The molecule has 6 heteroatoms. The molecule has 1 aromatic heterocycles. The fourth-order valence-electron chi connectivity index (χ4n) is 1.56. The van der Waals surface area contributed by atoms with Crippen LogP contribution in [0.15, 0.2) is 28.9 Å². The summed E-state index contributed by atoms with van der Waals surface area (Å²) in [5.41, 5.74) is 0.0567. The highest BCUT2D eigenvalue weighted by Crippen LogP contribution is 2.28. The Morgan fingerprint density at radius 3 is 2.84 bits per heavy atom. The van der Waals surface area contributed by atoms with Gasteiger partial charge >= 0.3 is 0 Å². The van der Waals surface area contributed by atoms with Crippen LogP contribution in [0, 0.1) is 11.6 Å². The molecular weight excluding hydrogens is 316 g/mol. The predicted octanol–water partition coefficient (Wildman–Crippen LogP) is 4.01. The molecule has 0 aliphatic rings. The van der Waals surface area contributed by atoms with Gasteiger partial charge in [0.05, 0.1) is 10.7 Å². The van der Waals surface area contributed by atoms with E-state index >= 15 is 0 Å². The maximum absolute atomic E-state index is 14.0. The first-order chi connectivity index (χ1) is 9.13. The van der Waals surface area contributed by atoms with Crippen molar-refractivity contribution < 1.29 is 8.78 Å². The molecule has 1 heterocycles. The van der Waals surface area contributed by atoms with Crippen LogP contribution >= 0.6 is 15.9 Å². The molecule has 19 heavy (non-hydrogen) atoms. The van der Waals surface area contributed by atoms with Crippen LogP contribution in [0.4, 0.5) is 14.7 Å². The van der Waals surface area contributed by atoms with Crippen molar-refractivity contribution in [1.82, 2.24) is 9.97 Å². The zero-order valence-electron chi connectivity index (χ0n) is 10.3. The minimum absolute atomic E-state index is 0.0487. The zero-order chi connectivity index (χ0) is 13.8. The van der Waals surface area contributed by atoms with Crippen LogP contribution in [0.3, 0.4) is 0 Å². The Morgan fingerprint density at radius 1 is 1.32 bits per heavy atom. The van der Waals surface area contributed by atoms with E-state index in [0.717, 1.165) is 12.6 Å². The van der Waals surface area contributed by atoms with Crippen molar-refractivity contribution in [3.63, 3.8) is 0 Å². The third-order valence-electron chi connectivity index (χ3n) is 2.48. The number of benzene rings is 1. The van der Waals surface area contributed by atoms with Gasteiger partial charge in [-0.1, -0.05) is 13.0 Å². The molecule has 2 aromatic rings. The molecule has 0 saturated carbocycles. The zero-order valence-corrected chi connectivity index (χ0v) is 11.8. The Labute approximate surface area is 118 Å². The van der Waals surface area contributed by atoms with Gasteiger partial charge in [-0.25, -0.2) is 18.7 Å². The van der Waals surface area contributed by atoms with Crippen LogP contribution in [-0.2, 0) is 0 Å². The molecule has 100 valence electrons. The molecule has 0 spiro atoms. The largest absolute Gasteiger partial charge is 0.354 e. The molecule has 0 atom stereocenters. The molecule has 0 amide bonds. The van der Waals surface area contributed by atoms with Crippen LogP contribution in [0.25, 0.3) is 11.3 Å². The van der Waals surface area contributed by atoms with E-state index in [0.29, 0.717) is 6.54 Å². The molecule has 0 bridgehead atoms. The second-order valence-electron chi connectivity index (χ2n) is 3.92. The minimum atomic E-state index is -0.654. The van der Waals surface area contributed by atoms with Gasteiger partial charge in [-0.2, -0.15) is 0 Å². The molecule has 1 N–H and O–H groups in total. The predicted molar refractivity (Wildman–Crippen MR) is 73.9 cm³/mol. The normalized spacial score (nSPS) is 10.5. The van der Waals surface area contributed by atoms with Gasteiger partial charge < -0.3 is 5.32 Å². The first kappa shape index (κ1) is 13.9. The van der Waals surface area contributed by atoms with Gasteiger partial charge in [0.15, 0.2) is 5.82 Å². The summed E-state index contributed by atoms with van der Waals surface area (Å²) in [5.74, 6) is -0.904. The summed E-state index contributed by atoms with van der Waals surface area (Å²) in [7, 11) is 0. The molecule has 0 unspecified atom stereocenters. The lowest BCUT2D eigenvalue weighted by molar-refractivity contribution is 0.604. The standard InChI is InChI=1S/C13H12BrF2N3/c1-2-6-17-13-18-7-10(15)12(19-13)8-4-3-5-9(14)11(8)16/h3-5,7H,2,6H2,1H3,(H,17,18,19). The van der Waals surface area contributed by atoms with Gasteiger partial charge in [0.25, 0.3) is 0 Å². The number of aromatic nitrogens is 2. The monoisotopic (exact) mass is 327 g/mol. The molecule has 0 saturated heterocycles. The van der Waals surface area contributed by atoms with Gasteiger partial charge in [0, 0.05) is 12.1 Å². The van der Waals surface area contributed by atoms with Crippen molar-refractivity contribution >= 4 is 21.9 Å². The topological polar surface area (TPSA) is 37.8 Å². The Morgan fingerprint density at radius 2 is 2.11 bits per heavy atom. The third kappa shape index (κ3) is 3.07. The highest BCUT2D eigenvalue weighted by molar-refractivity contribution is 9.10. The maximum Gasteiger partial charge on any atom is 0.223 e. The van der Waals surface area contributed by atoms with Gasteiger partial charge in [-0.3, -0.25) is 0 Å². The first-order valence-corrected chi connectivity index (χ1v) is 6.63. The molecule has 0 radical (unpaired) electrons. The summed E-state index contributed by atoms with van der Waals surface area (Å²) in [6.45, 7) is 2.66. The van der Waals surface area contributed by atoms with Crippen molar-refractivity contribution in [1.29, 1.82) is 0 Å². The molecule has 0 aliphatic carbocycles. The van der Waals surface area contributed by atoms with E-state index in [-0.39, 0.29) is 21.7 Å². The SMILES string of the molecule is CCCNc1ncc(F)c(-c2cccc(Br)c2F)n1. The van der Waals surface area contributed by atoms with Gasteiger partial charge in [-0.15, -0.1) is 0 Å². The highest BCUT2D eigenvalue weighted by atomic mass is 79.9. The lowest BCUT2D eigenvalue weighted by atomic mass is 10.1. The Balaban J connectivity index is 2.45. The van der Waals surface area contributed by atoms with Crippen molar-refractivity contribution in [3.8, 4) is 11.3 Å². The third-order valence-corrected chi connectivity index (χ3v) is 3.10. The van der Waals surface area contributed by atoms with E-state index in [1.54, 1.807) is 12.1 Å². The lowest BCUT2D eigenvalue weighted by Gasteiger charge is -2.08. The Kier molecular flexibility index (Phi) is 4.42. The number of anilines is 1. The van der Waals surface area contributed by atoms with E-state index < -0.39 is 11.6 Å². The van der Waals surface area contributed by atoms with E-state index in [2.05, 4.69) is 31.2 Å². The van der Waals surface area contributed by atoms with Crippen molar-refractivity contribution in [3.05, 3.63) is 40.5 Å². The smallest absolute Gasteiger partial charge is 0.223 e. The fraction of sp³-hybridized carbons (Fsp3) is 0.231. The molecule has 0 aliphatic heterocycles. The Bertz CT molecular complexity index is 590. The summed E-state index contributed by atoms with van der Waals surface area (Å²) >= 11 is 3.07. The molecular formula is C13H12BrF2N3. The number of nitrogens with one attached hydrogen (secondary N) is 1. The Hall–Kier alpha value is -1.56. The van der Waals surface area contributed by atoms with E-state index in [9.17, 15) is 8.78 Å². The van der Waals surface area contributed by atoms with Gasteiger partial charge in [0.2, 0.25) is 5.95 Å². The van der Waals surface area contributed by atoms with Crippen LogP contribution in [-0.4, -0.2) is 16.5 Å². The molecule has 1 aromatic carbocycles. The highest BCUT2D eigenvalue weighted by Gasteiger charge is 2.15. The van der Waals surface area contributed by atoms with E-state index in [4.69, 9.17) is 0 Å². The lowest BCUT2D eigenvalue weighted by Crippen LogP contribution is -2.06. The average Bonchev–Trinajstić information content (AvgIpc) is 2.41. The summed E-state index contributed by atoms with van der Waals surface area (Å²) in [4.78, 5) is 7.85. The van der Waals surface area contributed by atoms with E-state index in [1.165, 1.54) is 6.07 Å². The first-order valence-electron chi connectivity index (χ1n) is 5.84. The van der Waals surface area contributed by atoms with Gasteiger partial charge in [-0.05, 0) is 34.5 Å². The van der Waals surface area contributed by atoms with Crippen LogP contribution in [0.2, 0.25) is 0 Å². The quantitative estimate of drug-likeness (QED) is 0.922. The molecule has 3 nitrogen and oxygen atoms in total. The molecule has 2 rings (SSSR count). The number of nitrogens with zero attached hydrogens (tertiary/aromatic N) is 2. The van der Waals surface area contributed by atoms with E-state index in [1.807, 2.05) is 6.92 Å². The van der Waals surface area contributed by atoms with Gasteiger partial charge in [0.1, 0.15) is 11.5 Å². The summed E-state index contributed by atoms with van der Waals surface area (Å²) in [6.07, 6.45) is 1.93. The second kappa shape index (κ2) is 6.06. The van der Waals surface area contributed by atoms with Crippen molar-refractivity contribution in [2.24, 2.45) is 0 Å². The average molecular weight is 328 g/mol. The van der Waals surface area contributed by atoms with Crippen LogP contribution in [0.1, 0.15) is 13.3 Å². The number of halogens is 3.